The Morgan fingerprint density at radius 3 is 2.63 bits per heavy atom. The second-order valence-corrected chi connectivity index (χ2v) is 4.47. The molecule has 2 aromatic carbocycles. The Morgan fingerprint density at radius 1 is 1.21 bits per heavy atom. The average Bonchev–Trinajstić information content (AvgIpc) is 2.36. The molecule has 0 atom stereocenters. The van der Waals surface area contributed by atoms with Crippen LogP contribution < -0.4 is 11.1 Å². The Kier molecular flexibility index (Phi) is 3.42. The molecule has 0 fully saturated rings. The summed E-state index contributed by atoms with van der Waals surface area (Å²) in [5.74, 6) is -0.0331. The second kappa shape index (κ2) is 5.02. The minimum absolute atomic E-state index is 0.177. The maximum atomic E-state index is 12.2. The molecule has 0 saturated heterocycles. The number of nitrogens with one attached hydrogen (secondary N) is 1. The van der Waals surface area contributed by atoms with E-state index in [0.717, 1.165) is 11.1 Å². The predicted molar refractivity (Wildman–Crippen MR) is 76.4 cm³/mol. The van der Waals surface area contributed by atoms with Crippen LogP contribution in [0.4, 0.5) is 11.4 Å². The molecule has 0 spiro atoms. The van der Waals surface area contributed by atoms with Crippen molar-refractivity contribution in [3.05, 3.63) is 53.1 Å². The fourth-order valence-electron chi connectivity index (χ4n) is 1.88. The smallest absolute Gasteiger partial charge is 0.256 e. The first-order valence-electron chi connectivity index (χ1n) is 5.95. The molecule has 2 aromatic rings. The Morgan fingerprint density at radius 2 is 1.95 bits per heavy atom. The molecule has 19 heavy (non-hydrogen) atoms. The SMILES string of the molecule is Cc1cc(O)ccc1NC(=O)c1cccc(N)c1C. The number of anilines is 2. The Balaban J connectivity index is 2.28. The molecule has 4 heteroatoms. The number of aryl methyl sites for hydroxylation is 1. The van der Waals surface area contributed by atoms with Crippen molar-refractivity contribution in [1.29, 1.82) is 0 Å². The third-order valence-corrected chi connectivity index (χ3v) is 3.08. The van der Waals surface area contributed by atoms with E-state index in [1.807, 2.05) is 13.8 Å². The Bertz CT molecular complexity index is 636. The van der Waals surface area contributed by atoms with Gasteiger partial charge in [-0.3, -0.25) is 4.79 Å². The molecule has 0 aliphatic rings. The first-order valence-corrected chi connectivity index (χ1v) is 5.95. The number of phenolic OH excluding ortho intramolecular Hbond substituents is 1. The monoisotopic (exact) mass is 256 g/mol. The number of aromatic hydroxyl groups is 1. The van der Waals surface area contributed by atoms with Crippen molar-refractivity contribution in [2.24, 2.45) is 0 Å². The van der Waals surface area contributed by atoms with Gasteiger partial charge in [0.2, 0.25) is 0 Å². The van der Waals surface area contributed by atoms with Gasteiger partial charge in [-0.2, -0.15) is 0 Å². The van der Waals surface area contributed by atoms with Gasteiger partial charge in [-0.05, 0) is 55.3 Å². The highest BCUT2D eigenvalue weighted by atomic mass is 16.3. The molecule has 0 aliphatic carbocycles. The number of nitrogen functional groups attached to an aromatic ring is 1. The van der Waals surface area contributed by atoms with E-state index in [0.29, 0.717) is 16.9 Å². The first kappa shape index (κ1) is 13.0. The number of amides is 1. The summed E-state index contributed by atoms with van der Waals surface area (Å²) in [5, 5.41) is 12.2. The molecule has 0 aliphatic heterocycles. The van der Waals surface area contributed by atoms with Gasteiger partial charge in [0.25, 0.3) is 5.91 Å². The standard InChI is InChI=1S/C15H16N2O2/c1-9-8-11(18)6-7-14(9)17-15(19)12-4-3-5-13(16)10(12)2/h3-8,18H,16H2,1-2H3,(H,17,19). The molecule has 4 N–H and O–H groups in total. The molecule has 0 bridgehead atoms. The summed E-state index contributed by atoms with van der Waals surface area (Å²) in [7, 11) is 0. The predicted octanol–water partition coefficient (Wildman–Crippen LogP) is 2.84. The van der Waals surface area contributed by atoms with Gasteiger partial charge in [-0.25, -0.2) is 0 Å². The fourth-order valence-corrected chi connectivity index (χ4v) is 1.88. The van der Waals surface area contributed by atoms with Crippen LogP contribution in [0.25, 0.3) is 0 Å². The van der Waals surface area contributed by atoms with Crippen LogP contribution in [0.1, 0.15) is 21.5 Å². The van der Waals surface area contributed by atoms with E-state index < -0.39 is 0 Å². The van der Waals surface area contributed by atoms with Crippen LogP contribution in [0.15, 0.2) is 36.4 Å². The van der Waals surface area contributed by atoms with Gasteiger partial charge < -0.3 is 16.2 Å². The molecule has 0 radical (unpaired) electrons. The van der Waals surface area contributed by atoms with E-state index >= 15 is 0 Å². The lowest BCUT2D eigenvalue weighted by Crippen LogP contribution is -2.14. The van der Waals surface area contributed by atoms with Gasteiger partial charge >= 0.3 is 0 Å². The van der Waals surface area contributed by atoms with E-state index in [2.05, 4.69) is 5.32 Å². The Hall–Kier alpha value is -2.49. The largest absolute Gasteiger partial charge is 0.508 e. The lowest BCUT2D eigenvalue weighted by molar-refractivity contribution is 0.102. The molecular formula is C15H16N2O2. The number of carbonyl (C=O) groups excluding carboxylic acids is 1. The van der Waals surface area contributed by atoms with Crippen molar-refractivity contribution in [2.75, 3.05) is 11.1 Å². The van der Waals surface area contributed by atoms with Crippen molar-refractivity contribution in [1.82, 2.24) is 0 Å². The van der Waals surface area contributed by atoms with Crippen molar-refractivity contribution in [3.8, 4) is 5.75 Å². The highest BCUT2D eigenvalue weighted by Gasteiger charge is 2.11. The van der Waals surface area contributed by atoms with Crippen LogP contribution in [0.2, 0.25) is 0 Å². The zero-order valence-electron chi connectivity index (χ0n) is 10.9. The summed E-state index contributed by atoms with van der Waals surface area (Å²) in [6.07, 6.45) is 0. The van der Waals surface area contributed by atoms with Gasteiger partial charge in [0.05, 0.1) is 0 Å². The molecule has 2 rings (SSSR count). The third-order valence-electron chi connectivity index (χ3n) is 3.08. The van der Waals surface area contributed by atoms with Crippen LogP contribution in [0.3, 0.4) is 0 Å². The first-order chi connectivity index (χ1) is 8.99. The maximum absolute atomic E-state index is 12.2. The number of carbonyl (C=O) groups is 1. The summed E-state index contributed by atoms with van der Waals surface area (Å²) in [6.45, 7) is 3.63. The second-order valence-electron chi connectivity index (χ2n) is 4.47. The van der Waals surface area contributed by atoms with Gasteiger partial charge in [0, 0.05) is 16.9 Å². The zero-order valence-corrected chi connectivity index (χ0v) is 10.9. The van der Waals surface area contributed by atoms with Crippen LogP contribution >= 0.6 is 0 Å². The molecule has 0 heterocycles. The number of benzene rings is 2. The topological polar surface area (TPSA) is 75.3 Å². The van der Waals surface area contributed by atoms with E-state index in [1.54, 1.807) is 30.3 Å². The number of rotatable bonds is 2. The quantitative estimate of drug-likeness (QED) is 0.571. The van der Waals surface area contributed by atoms with E-state index in [4.69, 9.17) is 5.73 Å². The summed E-state index contributed by atoms with van der Waals surface area (Å²) in [4.78, 5) is 12.2. The normalized spacial score (nSPS) is 10.2. The van der Waals surface area contributed by atoms with Crippen LogP contribution in [0, 0.1) is 13.8 Å². The summed E-state index contributed by atoms with van der Waals surface area (Å²) >= 11 is 0. The number of hydrogen-bond acceptors (Lipinski definition) is 3. The molecule has 4 nitrogen and oxygen atoms in total. The molecule has 0 unspecified atom stereocenters. The lowest BCUT2D eigenvalue weighted by Gasteiger charge is -2.11. The van der Waals surface area contributed by atoms with Gasteiger partial charge in [0.1, 0.15) is 5.75 Å². The molecular weight excluding hydrogens is 240 g/mol. The fraction of sp³-hybridized carbons (Fsp3) is 0.133. The van der Waals surface area contributed by atoms with Crippen LogP contribution in [-0.4, -0.2) is 11.0 Å². The summed E-state index contributed by atoms with van der Waals surface area (Å²) in [5.41, 5.74) is 9.16. The highest BCUT2D eigenvalue weighted by Crippen LogP contribution is 2.22. The van der Waals surface area contributed by atoms with Gasteiger partial charge in [0.15, 0.2) is 0 Å². The molecule has 0 saturated carbocycles. The minimum atomic E-state index is -0.210. The number of phenols is 1. The van der Waals surface area contributed by atoms with Crippen molar-refractivity contribution < 1.29 is 9.90 Å². The van der Waals surface area contributed by atoms with Gasteiger partial charge in [-0.15, -0.1) is 0 Å². The zero-order chi connectivity index (χ0) is 14.0. The average molecular weight is 256 g/mol. The number of nitrogens with two attached hydrogens (primary N) is 1. The Labute approximate surface area is 111 Å². The molecule has 0 aromatic heterocycles. The van der Waals surface area contributed by atoms with Crippen molar-refractivity contribution >= 4 is 17.3 Å². The van der Waals surface area contributed by atoms with Crippen LogP contribution in [0.5, 0.6) is 5.75 Å². The van der Waals surface area contributed by atoms with Crippen LogP contribution in [-0.2, 0) is 0 Å². The summed E-state index contributed by atoms with van der Waals surface area (Å²) in [6, 6.07) is 10.1. The van der Waals surface area contributed by atoms with E-state index in [9.17, 15) is 9.90 Å². The summed E-state index contributed by atoms with van der Waals surface area (Å²) < 4.78 is 0. The molecule has 98 valence electrons. The van der Waals surface area contributed by atoms with Gasteiger partial charge in [-0.1, -0.05) is 6.07 Å². The van der Waals surface area contributed by atoms with Crippen molar-refractivity contribution in [2.45, 2.75) is 13.8 Å². The number of hydrogen-bond donors (Lipinski definition) is 3. The van der Waals surface area contributed by atoms with Crippen molar-refractivity contribution in [3.63, 3.8) is 0 Å². The maximum Gasteiger partial charge on any atom is 0.256 e. The minimum Gasteiger partial charge on any atom is -0.508 e. The van der Waals surface area contributed by atoms with E-state index in [1.165, 1.54) is 6.07 Å². The third kappa shape index (κ3) is 2.68. The molecule has 1 amide bonds. The highest BCUT2D eigenvalue weighted by molar-refractivity contribution is 6.06. The van der Waals surface area contributed by atoms with E-state index in [-0.39, 0.29) is 11.7 Å². The lowest BCUT2D eigenvalue weighted by atomic mass is 10.1.